The van der Waals surface area contributed by atoms with Crippen molar-refractivity contribution in [2.24, 2.45) is 0 Å². The second-order valence-corrected chi connectivity index (χ2v) is 5.77. The number of nitrogens with zero attached hydrogens (tertiary/aromatic N) is 2. The molecule has 1 aliphatic rings. The molecule has 0 N–H and O–H groups in total. The molecule has 1 amide bonds. The summed E-state index contributed by atoms with van der Waals surface area (Å²) in [5.41, 5.74) is 1.49. The van der Waals surface area contributed by atoms with Crippen LogP contribution in [0.3, 0.4) is 0 Å². The zero-order valence-corrected chi connectivity index (χ0v) is 13.0. The lowest BCUT2D eigenvalue weighted by molar-refractivity contribution is -0.0586. The van der Waals surface area contributed by atoms with Gasteiger partial charge in [0.1, 0.15) is 5.15 Å². The van der Waals surface area contributed by atoms with Crippen molar-refractivity contribution in [3.63, 3.8) is 0 Å². The van der Waals surface area contributed by atoms with Gasteiger partial charge in [-0.25, -0.2) is 4.98 Å². The van der Waals surface area contributed by atoms with Crippen molar-refractivity contribution in [1.82, 2.24) is 9.88 Å². The molecule has 110 valence electrons. The Hall–Kier alpha value is -1.13. The van der Waals surface area contributed by atoms with Crippen LogP contribution in [0.15, 0.2) is 12.1 Å². The lowest BCUT2D eigenvalue weighted by atomic mass is 10.1. The first-order chi connectivity index (χ1) is 9.49. The van der Waals surface area contributed by atoms with Crippen molar-refractivity contribution < 1.29 is 9.53 Å². The quantitative estimate of drug-likeness (QED) is 0.806. The average Bonchev–Trinajstić information content (AvgIpc) is 2.36. The summed E-state index contributed by atoms with van der Waals surface area (Å²) in [7, 11) is 0. The number of hydrogen-bond donors (Lipinski definition) is 0. The number of hydrogen-bond acceptors (Lipinski definition) is 3. The molecule has 1 aliphatic heterocycles. The van der Waals surface area contributed by atoms with E-state index in [0.29, 0.717) is 23.8 Å². The summed E-state index contributed by atoms with van der Waals surface area (Å²) in [4.78, 5) is 18.7. The summed E-state index contributed by atoms with van der Waals surface area (Å²) in [5.74, 6) is 0.00801. The van der Waals surface area contributed by atoms with E-state index in [1.165, 1.54) is 0 Å². The number of rotatable bonds is 3. The fraction of sp³-hybridized carbons (Fsp3) is 0.600. The molecular formula is C15H21ClN2O2. The maximum absolute atomic E-state index is 12.6. The molecule has 5 heteroatoms. The number of carbonyl (C=O) groups excluding carboxylic acids is 1. The monoisotopic (exact) mass is 296 g/mol. The van der Waals surface area contributed by atoms with E-state index in [1.54, 1.807) is 6.07 Å². The van der Waals surface area contributed by atoms with Crippen molar-refractivity contribution in [2.45, 2.75) is 45.8 Å². The summed E-state index contributed by atoms with van der Waals surface area (Å²) in [6.45, 7) is 7.28. The van der Waals surface area contributed by atoms with Crippen molar-refractivity contribution in [3.05, 3.63) is 28.5 Å². The van der Waals surface area contributed by atoms with Gasteiger partial charge in [0, 0.05) is 24.3 Å². The maximum Gasteiger partial charge on any atom is 0.254 e. The first-order valence-electron chi connectivity index (χ1n) is 7.10. The van der Waals surface area contributed by atoms with E-state index < -0.39 is 0 Å². The Labute approximate surface area is 125 Å². The average molecular weight is 297 g/mol. The Morgan fingerprint density at radius 1 is 1.40 bits per heavy atom. The maximum atomic E-state index is 12.6. The molecule has 20 heavy (non-hydrogen) atoms. The molecule has 2 heterocycles. The van der Waals surface area contributed by atoms with Crippen LogP contribution in [0.5, 0.6) is 0 Å². The molecule has 2 unspecified atom stereocenters. The van der Waals surface area contributed by atoms with Gasteiger partial charge in [0.25, 0.3) is 5.91 Å². The summed E-state index contributed by atoms with van der Waals surface area (Å²) in [6, 6.07) is 3.50. The standard InChI is InChI=1S/C15H21ClN2O2/c1-4-5-13-6-12(7-14(16)17-13)15(19)18-8-10(2)20-11(3)9-18/h6-7,10-11H,4-5,8-9H2,1-3H3. The van der Waals surface area contributed by atoms with E-state index >= 15 is 0 Å². The Balaban J connectivity index is 2.19. The molecule has 4 nitrogen and oxygen atoms in total. The Morgan fingerprint density at radius 2 is 2.05 bits per heavy atom. The molecule has 2 atom stereocenters. The smallest absolute Gasteiger partial charge is 0.254 e. The van der Waals surface area contributed by atoms with E-state index in [-0.39, 0.29) is 18.1 Å². The van der Waals surface area contributed by atoms with E-state index in [9.17, 15) is 4.79 Å². The number of ether oxygens (including phenoxy) is 1. The Kier molecular flexibility index (Phi) is 5.00. The van der Waals surface area contributed by atoms with Gasteiger partial charge < -0.3 is 9.64 Å². The van der Waals surface area contributed by atoms with Gasteiger partial charge in [0.05, 0.1) is 12.2 Å². The number of pyridine rings is 1. The number of carbonyl (C=O) groups is 1. The zero-order chi connectivity index (χ0) is 14.7. The molecule has 2 rings (SSSR count). The predicted octanol–water partition coefficient (Wildman–Crippen LogP) is 2.94. The largest absolute Gasteiger partial charge is 0.372 e. The van der Waals surface area contributed by atoms with Crippen LogP contribution >= 0.6 is 11.6 Å². The topological polar surface area (TPSA) is 42.4 Å². The molecular weight excluding hydrogens is 276 g/mol. The minimum absolute atomic E-state index is 0.00801. The molecule has 0 saturated carbocycles. The number of aromatic nitrogens is 1. The first kappa shape index (κ1) is 15.3. The van der Waals surface area contributed by atoms with Gasteiger partial charge in [-0.3, -0.25) is 4.79 Å². The minimum Gasteiger partial charge on any atom is -0.372 e. The molecule has 0 aliphatic carbocycles. The predicted molar refractivity (Wildman–Crippen MR) is 79.2 cm³/mol. The third kappa shape index (κ3) is 3.70. The van der Waals surface area contributed by atoms with Crippen LogP contribution in [0, 0.1) is 0 Å². The number of morpholine rings is 1. The van der Waals surface area contributed by atoms with Gasteiger partial charge in [-0.1, -0.05) is 24.9 Å². The molecule has 1 fully saturated rings. The van der Waals surface area contributed by atoms with Gasteiger partial charge in [-0.05, 0) is 32.4 Å². The van der Waals surface area contributed by atoms with Gasteiger partial charge in [0.15, 0.2) is 0 Å². The molecule has 1 aromatic heterocycles. The van der Waals surface area contributed by atoms with Crippen LogP contribution < -0.4 is 0 Å². The fourth-order valence-corrected chi connectivity index (χ4v) is 2.81. The minimum atomic E-state index is 0.00801. The van der Waals surface area contributed by atoms with Gasteiger partial charge in [0.2, 0.25) is 0 Å². The van der Waals surface area contributed by atoms with Crippen LogP contribution in [0.2, 0.25) is 5.15 Å². The van der Waals surface area contributed by atoms with Crippen molar-refractivity contribution >= 4 is 17.5 Å². The van der Waals surface area contributed by atoms with Gasteiger partial charge in [-0.2, -0.15) is 0 Å². The molecule has 0 aromatic carbocycles. The van der Waals surface area contributed by atoms with Gasteiger partial charge >= 0.3 is 0 Å². The normalized spacial score (nSPS) is 22.9. The lowest BCUT2D eigenvalue weighted by Gasteiger charge is -2.35. The second-order valence-electron chi connectivity index (χ2n) is 5.39. The van der Waals surface area contributed by atoms with Crippen LogP contribution in [0.1, 0.15) is 43.2 Å². The van der Waals surface area contributed by atoms with Crippen LogP contribution in [0.4, 0.5) is 0 Å². The SMILES string of the molecule is CCCc1cc(C(=O)N2CC(C)OC(C)C2)cc(Cl)n1. The summed E-state index contributed by atoms with van der Waals surface area (Å²) >= 11 is 6.02. The molecule has 0 bridgehead atoms. The van der Waals surface area contributed by atoms with Crippen molar-refractivity contribution in [3.8, 4) is 0 Å². The van der Waals surface area contributed by atoms with Crippen LogP contribution in [-0.4, -0.2) is 41.1 Å². The van der Waals surface area contributed by atoms with Crippen molar-refractivity contribution in [2.75, 3.05) is 13.1 Å². The Bertz CT molecular complexity index is 483. The number of halogens is 1. The van der Waals surface area contributed by atoms with Crippen molar-refractivity contribution in [1.29, 1.82) is 0 Å². The number of amides is 1. The van der Waals surface area contributed by atoms with E-state index in [0.717, 1.165) is 18.5 Å². The fourth-order valence-electron chi connectivity index (χ4n) is 2.59. The van der Waals surface area contributed by atoms with Crippen LogP contribution in [0.25, 0.3) is 0 Å². The first-order valence-corrected chi connectivity index (χ1v) is 7.48. The summed E-state index contributed by atoms with van der Waals surface area (Å²) in [5, 5.41) is 0.383. The molecule has 0 radical (unpaired) electrons. The van der Waals surface area contributed by atoms with Gasteiger partial charge in [-0.15, -0.1) is 0 Å². The van der Waals surface area contributed by atoms with E-state index in [4.69, 9.17) is 16.3 Å². The third-order valence-electron chi connectivity index (χ3n) is 3.31. The van der Waals surface area contributed by atoms with E-state index in [2.05, 4.69) is 11.9 Å². The third-order valence-corrected chi connectivity index (χ3v) is 3.50. The highest BCUT2D eigenvalue weighted by Gasteiger charge is 2.27. The molecule has 1 aromatic rings. The molecule has 0 spiro atoms. The summed E-state index contributed by atoms with van der Waals surface area (Å²) in [6.07, 6.45) is 1.94. The van der Waals surface area contributed by atoms with E-state index in [1.807, 2.05) is 24.8 Å². The number of aryl methyl sites for hydroxylation is 1. The van der Waals surface area contributed by atoms with Crippen LogP contribution in [-0.2, 0) is 11.2 Å². The second kappa shape index (κ2) is 6.55. The molecule has 1 saturated heterocycles. The highest BCUT2D eigenvalue weighted by atomic mass is 35.5. The zero-order valence-electron chi connectivity index (χ0n) is 12.2. The highest BCUT2D eigenvalue weighted by molar-refractivity contribution is 6.29. The Morgan fingerprint density at radius 3 is 2.65 bits per heavy atom. The highest BCUT2D eigenvalue weighted by Crippen LogP contribution is 2.18. The summed E-state index contributed by atoms with van der Waals surface area (Å²) < 4.78 is 5.66. The lowest BCUT2D eigenvalue weighted by Crippen LogP contribution is -2.48.